The van der Waals surface area contributed by atoms with Crippen molar-refractivity contribution in [2.45, 2.75) is 18.7 Å². The van der Waals surface area contributed by atoms with Crippen molar-refractivity contribution in [1.82, 2.24) is 14.3 Å². The minimum absolute atomic E-state index is 0.109. The lowest BCUT2D eigenvalue weighted by Gasteiger charge is -2.34. The quantitative estimate of drug-likeness (QED) is 0.600. The first kappa shape index (κ1) is 22.9. The lowest BCUT2D eigenvalue weighted by Crippen LogP contribution is -2.48. The molecule has 1 saturated heterocycles. The molecule has 1 fully saturated rings. The summed E-state index contributed by atoms with van der Waals surface area (Å²) in [5.74, 6) is 0.524. The molecule has 2 aromatic carbocycles. The number of sulfonamides is 1. The Bertz CT molecular complexity index is 1210. The van der Waals surface area contributed by atoms with Crippen LogP contribution in [-0.4, -0.2) is 54.8 Å². The van der Waals surface area contributed by atoms with Crippen molar-refractivity contribution in [3.63, 3.8) is 0 Å². The highest BCUT2D eigenvalue weighted by Gasteiger charge is 2.29. The second-order valence-corrected chi connectivity index (χ2v) is 10.1. The number of piperazine rings is 1. The molecular weight excluding hydrogens is 438 g/mol. The average Bonchev–Trinajstić information content (AvgIpc) is 2.85. The molecule has 33 heavy (non-hydrogen) atoms. The molecule has 3 aromatic rings. The summed E-state index contributed by atoms with van der Waals surface area (Å²) >= 11 is 0. The van der Waals surface area contributed by atoms with Crippen LogP contribution < -0.4 is 10.2 Å². The van der Waals surface area contributed by atoms with E-state index >= 15 is 0 Å². The minimum Gasteiger partial charge on any atom is -0.354 e. The van der Waals surface area contributed by atoms with Gasteiger partial charge in [0.15, 0.2) is 0 Å². The monoisotopic (exact) mass is 465 g/mol. The molecule has 0 atom stereocenters. The Kier molecular flexibility index (Phi) is 6.71. The zero-order valence-electron chi connectivity index (χ0n) is 18.7. The Labute approximate surface area is 194 Å². The van der Waals surface area contributed by atoms with Gasteiger partial charge >= 0.3 is 0 Å². The van der Waals surface area contributed by atoms with Crippen LogP contribution in [0, 0.1) is 5.92 Å². The molecule has 0 saturated carbocycles. The SMILES string of the molecule is CC(C)C(=O)Nc1ccc(S(=O)(=O)N2CCN(c3cc(-c4ccccc4)ncn3)CC2)cc1. The predicted molar refractivity (Wildman–Crippen MR) is 128 cm³/mol. The molecule has 0 radical (unpaired) electrons. The van der Waals surface area contributed by atoms with Gasteiger partial charge in [-0.25, -0.2) is 18.4 Å². The van der Waals surface area contributed by atoms with E-state index in [0.29, 0.717) is 31.9 Å². The number of hydrogen-bond acceptors (Lipinski definition) is 6. The van der Waals surface area contributed by atoms with Gasteiger partial charge in [0.1, 0.15) is 12.1 Å². The summed E-state index contributed by atoms with van der Waals surface area (Å²) in [6.45, 7) is 5.40. The molecule has 0 unspecified atom stereocenters. The highest BCUT2D eigenvalue weighted by Crippen LogP contribution is 2.24. The first-order valence-corrected chi connectivity index (χ1v) is 12.3. The van der Waals surface area contributed by atoms with Crippen LogP contribution in [0.2, 0.25) is 0 Å². The molecule has 1 N–H and O–H groups in total. The molecule has 1 aromatic heterocycles. The zero-order chi connectivity index (χ0) is 23.4. The maximum absolute atomic E-state index is 13.1. The van der Waals surface area contributed by atoms with Crippen molar-refractivity contribution in [3.8, 4) is 11.3 Å². The van der Waals surface area contributed by atoms with Gasteiger partial charge in [0.05, 0.1) is 10.6 Å². The third-order valence-corrected chi connectivity index (χ3v) is 7.48. The van der Waals surface area contributed by atoms with E-state index in [0.717, 1.165) is 17.1 Å². The van der Waals surface area contributed by atoms with Gasteiger partial charge in [-0.05, 0) is 24.3 Å². The Hall–Kier alpha value is -3.30. The fraction of sp³-hybridized carbons (Fsp3) is 0.292. The van der Waals surface area contributed by atoms with Gasteiger partial charge < -0.3 is 10.2 Å². The molecular formula is C24H27N5O3S. The molecule has 8 nitrogen and oxygen atoms in total. The summed E-state index contributed by atoms with van der Waals surface area (Å²) < 4.78 is 27.7. The first-order valence-electron chi connectivity index (χ1n) is 10.9. The van der Waals surface area contributed by atoms with Gasteiger partial charge in [-0.1, -0.05) is 44.2 Å². The number of carbonyl (C=O) groups excluding carboxylic acids is 1. The van der Waals surface area contributed by atoms with Crippen LogP contribution in [0.25, 0.3) is 11.3 Å². The van der Waals surface area contributed by atoms with E-state index in [2.05, 4.69) is 20.2 Å². The molecule has 0 aliphatic carbocycles. The van der Waals surface area contributed by atoms with Crippen LogP contribution in [0.5, 0.6) is 0 Å². The van der Waals surface area contributed by atoms with Crippen LogP contribution >= 0.6 is 0 Å². The van der Waals surface area contributed by atoms with Gasteiger partial charge in [-0.2, -0.15) is 4.31 Å². The zero-order valence-corrected chi connectivity index (χ0v) is 19.5. The number of benzene rings is 2. The summed E-state index contributed by atoms with van der Waals surface area (Å²) in [6, 6.07) is 18.1. The highest BCUT2D eigenvalue weighted by molar-refractivity contribution is 7.89. The normalized spacial score (nSPS) is 14.9. The lowest BCUT2D eigenvalue weighted by atomic mass is 10.1. The van der Waals surface area contributed by atoms with E-state index in [-0.39, 0.29) is 16.7 Å². The Morgan fingerprint density at radius 1 is 0.939 bits per heavy atom. The number of amides is 1. The van der Waals surface area contributed by atoms with Gasteiger partial charge in [-0.15, -0.1) is 0 Å². The molecule has 9 heteroatoms. The lowest BCUT2D eigenvalue weighted by molar-refractivity contribution is -0.118. The van der Waals surface area contributed by atoms with Crippen LogP contribution in [0.3, 0.4) is 0 Å². The van der Waals surface area contributed by atoms with Crippen molar-refractivity contribution >= 4 is 27.4 Å². The third kappa shape index (κ3) is 5.20. The van der Waals surface area contributed by atoms with Crippen molar-refractivity contribution in [2.24, 2.45) is 5.92 Å². The van der Waals surface area contributed by atoms with Crippen LogP contribution in [0.4, 0.5) is 11.5 Å². The summed E-state index contributed by atoms with van der Waals surface area (Å²) in [6.07, 6.45) is 1.54. The smallest absolute Gasteiger partial charge is 0.243 e. The summed E-state index contributed by atoms with van der Waals surface area (Å²) in [5, 5.41) is 2.77. The molecule has 0 spiro atoms. The van der Waals surface area contributed by atoms with Crippen LogP contribution in [0.15, 0.2) is 71.9 Å². The third-order valence-electron chi connectivity index (χ3n) is 5.57. The summed E-state index contributed by atoms with van der Waals surface area (Å²) in [4.78, 5) is 22.9. The minimum atomic E-state index is -3.62. The Morgan fingerprint density at radius 3 is 2.24 bits per heavy atom. The second kappa shape index (κ2) is 9.68. The van der Waals surface area contributed by atoms with Crippen molar-refractivity contribution < 1.29 is 13.2 Å². The van der Waals surface area contributed by atoms with Gasteiger partial charge in [-0.3, -0.25) is 4.79 Å². The van der Waals surface area contributed by atoms with E-state index in [9.17, 15) is 13.2 Å². The van der Waals surface area contributed by atoms with E-state index in [1.807, 2.05) is 36.4 Å². The largest absolute Gasteiger partial charge is 0.354 e. The molecule has 1 aliphatic rings. The van der Waals surface area contributed by atoms with Gasteiger partial charge in [0, 0.05) is 49.4 Å². The van der Waals surface area contributed by atoms with Crippen molar-refractivity contribution in [2.75, 3.05) is 36.4 Å². The second-order valence-electron chi connectivity index (χ2n) is 8.19. The first-order chi connectivity index (χ1) is 15.8. The van der Waals surface area contributed by atoms with Crippen molar-refractivity contribution in [1.29, 1.82) is 0 Å². The fourth-order valence-corrected chi connectivity index (χ4v) is 5.01. The predicted octanol–water partition coefficient (Wildman–Crippen LogP) is 3.25. The molecule has 1 amide bonds. The highest BCUT2D eigenvalue weighted by atomic mass is 32.2. The number of carbonyl (C=O) groups is 1. The van der Waals surface area contributed by atoms with E-state index in [1.54, 1.807) is 32.3 Å². The van der Waals surface area contributed by atoms with E-state index in [1.165, 1.54) is 16.4 Å². The molecule has 0 bridgehead atoms. The van der Waals surface area contributed by atoms with Crippen LogP contribution in [0.1, 0.15) is 13.8 Å². The standard InChI is InChI=1S/C24H27N5O3S/c1-18(2)24(30)27-20-8-10-21(11-9-20)33(31,32)29-14-12-28(13-15-29)23-16-22(25-17-26-23)19-6-4-3-5-7-19/h3-11,16-18H,12-15H2,1-2H3,(H,27,30). The Balaban J connectivity index is 1.42. The number of nitrogens with one attached hydrogen (secondary N) is 1. The fourth-order valence-electron chi connectivity index (χ4n) is 3.59. The molecule has 2 heterocycles. The number of rotatable bonds is 6. The van der Waals surface area contributed by atoms with Gasteiger partial charge in [0.2, 0.25) is 15.9 Å². The molecule has 4 rings (SSSR count). The van der Waals surface area contributed by atoms with E-state index < -0.39 is 10.0 Å². The maximum Gasteiger partial charge on any atom is 0.243 e. The molecule has 1 aliphatic heterocycles. The van der Waals surface area contributed by atoms with Crippen molar-refractivity contribution in [3.05, 3.63) is 67.0 Å². The molecule has 172 valence electrons. The number of aromatic nitrogens is 2. The maximum atomic E-state index is 13.1. The average molecular weight is 466 g/mol. The Morgan fingerprint density at radius 2 is 1.61 bits per heavy atom. The number of nitrogens with zero attached hydrogens (tertiary/aromatic N) is 4. The van der Waals surface area contributed by atoms with Gasteiger partial charge in [0.25, 0.3) is 0 Å². The van der Waals surface area contributed by atoms with E-state index in [4.69, 9.17) is 0 Å². The summed E-state index contributed by atoms with van der Waals surface area (Å²) in [7, 11) is -3.62. The summed E-state index contributed by atoms with van der Waals surface area (Å²) in [5.41, 5.74) is 2.42. The number of hydrogen-bond donors (Lipinski definition) is 1. The topological polar surface area (TPSA) is 95.5 Å². The number of anilines is 2. The van der Waals surface area contributed by atoms with Crippen LogP contribution in [-0.2, 0) is 14.8 Å².